The van der Waals surface area contributed by atoms with Crippen LogP contribution in [0.4, 0.5) is 0 Å². The fourth-order valence-corrected chi connectivity index (χ4v) is 3.72. The molecule has 0 aliphatic carbocycles. The summed E-state index contributed by atoms with van der Waals surface area (Å²) in [5.74, 6) is 2.41. The van der Waals surface area contributed by atoms with Gasteiger partial charge in [-0.3, -0.25) is 9.97 Å². The van der Waals surface area contributed by atoms with Crippen molar-refractivity contribution in [3.63, 3.8) is 0 Å². The highest BCUT2D eigenvalue weighted by Gasteiger charge is 2.01. The maximum absolute atomic E-state index is 4.23. The molecule has 0 aliphatic rings. The topological polar surface area (TPSA) is 38.7 Å². The van der Waals surface area contributed by atoms with Gasteiger partial charge in [0.2, 0.25) is 0 Å². The quantitative estimate of drug-likeness (QED) is 0.278. The molecule has 0 saturated carbocycles. The van der Waals surface area contributed by atoms with Crippen LogP contribution in [-0.2, 0) is 0 Å². The number of hydrogen-bond donors (Lipinski definition) is 0. The van der Waals surface area contributed by atoms with Crippen LogP contribution in [0.1, 0.15) is 106 Å². The van der Waals surface area contributed by atoms with E-state index in [2.05, 4.69) is 102 Å². The van der Waals surface area contributed by atoms with Gasteiger partial charge < -0.3 is 0 Å². The zero-order chi connectivity index (χ0) is 26.9. The molecule has 4 aromatic rings. The smallest absolute Gasteiger partial charge is 0.0952 e. The molecule has 0 unspecified atom stereocenters. The summed E-state index contributed by atoms with van der Waals surface area (Å²) >= 11 is 1.78. The molecule has 0 aliphatic heterocycles. The van der Waals surface area contributed by atoms with Crippen LogP contribution in [0.3, 0.4) is 0 Å². The molecule has 1 aromatic carbocycles. The Balaban J connectivity index is 0.000000240. The van der Waals surface area contributed by atoms with Crippen molar-refractivity contribution < 1.29 is 0 Å². The lowest BCUT2D eigenvalue weighted by atomic mass is 10.0. The molecule has 36 heavy (non-hydrogen) atoms. The van der Waals surface area contributed by atoms with E-state index in [0.717, 1.165) is 5.69 Å². The number of pyridine rings is 2. The third-order valence-corrected chi connectivity index (χ3v) is 6.46. The molecule has 0 spiro atoms. The van der Waals surface area contributed by atoms with Gasteiger partial charge in [-0.1, -0.05) is 91.8 Å². The van der Waals surface area contributed by atoms with E-state index < -0.39 is 0 Å². The predicted molar refractivity (Wildman–Crippen MR) is 158 cm³/mol. The third kappa shape index (κ3) is 13.3. The zero-order valence-electron chi connectivity index (χ0n) is 23.6. The summed E-state index contributed by atoms with van der Waals surface area (Å²) in [7, 11) is 0. The number of aromatic nitrogens is 3. The fraction of sp³-hybridized carbons (Fsp3) is 0.406. The second-order valence-electron chi connectivity index (χ2n) is 9.87. The molecular formula is C32H45N3S. The van der Waals surface area contributed by atoms with Gasteiger partial charge in [0.15, 0.2) is 0 Å². The minimum atomic E-state index is 0.547. The Labute approximate surface area is 224 Å². The van der Waals surface area contributed by atoms with Gasteiger partial charge in [-0.15, -0.1) is 11.3 Å². The van der Waals surface area contributed by atoms with Crippen LogP contribution in [0.25, 0.3) is 0 Å². The molecular weight excluding hydrogens is 458 g/mol. The number of aryl methyl sites for hydroxylation is 1. The van der Waals surface area contributed by atoms with Gasteiger partial charge in [-0.2, -0.15) is 0 Å². The molecule has 0 amide bonds. The maximum atomic E-state index is 4.23. The molecule has 3 heterocycles. The van der Waals surface area contributed by atoms with E-state index in [9.17, 15) is 0 Å². The summed E-state index contributed by atoms with van der Waals surface area (Å²) in [6.45, 7) is 19.5. The molecule has 0 atom stereocenters. The van der Waals surface area contributed by atoms with Gasteiger partial charge in [0.1, 0.15) is 0 Å². The van der Waals surface area contributed by atoms with Crippen molar-refractivity contribution in [3.05, 3.63) is 112 Å². The lowest BCUT2D eigenvalue weighted by molar-refractivity contribution is 0.823. The average molecular weight is 504 g/mol. The highest BCUT2D eigenvalue weighted by Crippen LogP contribution is 2.19. The van der Waals surface area contributed by atoms with Crippen molar-refractivity contribution >= 4 is 11.3 Å². The van der Waals surface area contributed by atoms with Crippen molar-refractivity contribution in [2.75, 3.05) is 0 Å². The highest BCUT2D eigenvalue weighted by atomic mass is 32.1. The summed E-state index contributed by atoms with van der Waals surface area (Å²) in [6, 6.07) is 20.6. The van der Waals surface area contributed by atoms with Crippen LogP contribution >= 0.6 is 11.3 Å². The van der Waals surface area contributed by atoms with Crippen molar-refractivity contribution in [2.24, 2.45) is 0 Å². The van der Waals surface area contributed by atoms with Crippen molar-refractivity contribution in [2.45, 2.75) is 86.0 Å². The molecule has 194 valence electrons. The van der Waals surface area contributed by atoms with E-state index in [-0.39, 0.29) is 0 Å². The molecule has 3 aromatic heterocycles. The number of nitrogens with zero attached hydrogens (tertiary/aromatic N) is 3. The van der Waals surface area contributed by atoms with Crippen LogP contribution in [-0.4, -0.2) is 15.0 Å². The minimum Gasteiger partial charge on any atom is -0.265 e. The van der Waals surface area contributed by atoms with Crippen molar-refractivity contribution in [1.82, 2.24) is 15.0 Å². The summed E-state index contributed by atoms with van der Waals surface area (Å²) in [5.41, 5.74) is 3.93. The first-order chi connectivity index (χ1) is 17.1. The predicted octanol–water partition coefficient (Wildman–Crippen LogP) is 9.79. The van der Waals surface area contributed by atoms with Gasteiger partial charge in [0, 0.05) is 41.3 Å². The Morgan fingerprint density at radius 3 is 1.42 bits per heavy atom. The van der Waals surface area contributed by atoms with Gasteiger partial charge in [-0.25, -0.2) is 4.98 Å². The normalized spacial score (nSPS) is 10.2. The molecule has 4 heteroatoms. The Morgan fingerprint density at radius 2 is 1.11 bits per heavy atom. The first kappa shape index (κ1) is 31.2. The van der Waals surface area contributed by atoms with Gasteiger partial charge in [0.25, 0.3) is 0 Å². The largest absolute Gasteiger partial charge is 0.265 e. The molecule has 0 N–H and O–H groups in total. The Bertz CT molecular complexity index is 937. The molecule has 0 radical (unpaired) electrons. The van der Waals surface area contributed by atoms with Gasteiger partial charge >= 0.3 is 0 Å². The summed E-state index contributed by atoms with van der Waals surface area (Å²) in [4.78, 5) is 13.6. The third-order valence-electron chi connectivity index (χ3n) is 5.25. The molecule has 3 nitrogen and oxygen atoms in total. The number of benzene rings is 1. The lowest BCUT2D eigenvalue weighted by Gasteiger charge is -2.01. The van der Waals surface area contributed by atoms with Crippen LogP contribution in [0.2, 0.25) is 0 Å². The van der Waals surface area contributed by atoms with Crippen LogP contribution < -0.4 is 0 Å². The summed E-state index contributed by atoms with van der Waals surface area (Å²) in [6.07, 6.45) is 7.42. The van der Waals surface area contributed by atoms with Gasteiger partial charge in [0.05, 0.1) is 5.01 Å². The standard InChI is InChI=1S/C9H12.2C8H11N.C7H11NS/c1-8(2)9-6-4-3-5-7-9;1-7(2)8-3-5-9-6-4-8;1-7(2)8-5-3-4-6-9-8;1-5(2)7-8-4-6(3)9-7/h3-8H,1-2H3;2*3-7H,1-2H3;4-5H,1-3H3. The lowest BCUT2D eigenvalue weighted by Crippen LogP contribution is -1.88. The van der Waals surface area contributed by atoms with Crippen molar-refractivity contribution in [3.8, 4) is 0 Å². The van der Waals surface area contributed by atoms with E-state index in [0.29, 0.717) is 23.7 Å². The first-order valence-electron chi connectivity index (χ1n) is 12.9. The summed E-state index contributed by atoms with van der Waals surface area (Å²) < 4.78 is 0. The number of hydrogen-bond acceptors (Lipinski definition) is 4. The van der Waals surface area contributed by atoms with E-state index in [1.807, 2.05) is 61.2 Å². The highest BCUT2D eigenvalue weighted by molar-refractivity contribution is 7.11. The average Bonchev–Trinajstić information content (AvgIpc) is 3.33. The fourth-order valence-electron chi connectivity index (χ4n) is 2.94. The van der Waals surface area contributed by atoms with Crippen LogP contribution in [0.5, 0.6) is 0 Å². The van der Waals surface area contributed by atoms with E-state index >= 15 is 0 Å². The maximum Gasteiger partial charge on any atom is 0.0952 e. The SMILES string of the molecule is CC(C)c1ccccc1.CC(C)c1ccccn1.CC(C)c1ccncc1.Cc1cnc(C(C)C)s1. The zero-order valence-corrected chi connectivity index (χ0v) is 24.5. The second-order valence-corrected chi connectivity index (χ2v) is 11.1. The summed E-state index contributed by atoms with van der Waals surface area (Å²) in [5, 5.41) is 1.24. The van der Waals surface area contributed by atoms with Crippen molar-refractivity contribution in [1.29, 1.82) is 0 Å². The van der Waals surface area contributed by atoms with Gasteiger partial charge in [-0.05, 0) is 60.1 Å². The Hall–Kier alpha value is -2.85. The minimum absolute atomic E-state index is 0.547. The molecule has 0 saturated heterocycles. The van der Waals surface area contributed by atoms with E-state index in [1.54, 1.807) is 11.3 Å². The first-order valence-corrected chi connectivity index (χ1v) is 13.7. The van der Waals surface area contributed by atoms with E-state index in [1.165, 1.54) is 21.0 Å². The van der Waals surface area contributed by atoms with Crippen LogP contribution in [0.15, 0.2) is 85.5 Å². The second kappa shape index (κ2) is 17.6. The number of thiazole rings is 1. The molecule has 4 rings (SSSR count). The monoisotopic (exact) mass is 503 g/mol. The molecule has 0 fully saturated rings. The number of rotatable bonds is 4. The Kier molecular flexibility index (Phi) is 15.2. The van der Waals surface area contributed by atoms with Crippen LogP contribution in [0, 0.1) is 6.92 Å². The van der Waals surface area contributed by atoms with E-state index in [4.69, 9.17) is 0 Å². The Morgan fingerprint density at radius 1 is 0.556 bits per heavy atom. The molecule has 0 bridgehead atoms.